The largest absolute Gasteiger partial charge is 0.497 e. The van der Waals surface area contributed by atoms with Gasteiger partial charge in [0, 0.05) is 12.8 Å². The van der Waals surface area contributed by atoms with Crippen molar-refractivity contribution in [1.82, 2.24) is 0 Å². The molecule has 140 valence electrons. The summed E-state index contributed by atoms with van der Waals surface area (Å²) in [4.78, 5) is 23.2. The highest BCUT2D eigenvalue weighted by Gasteiger charge is 2.06. The molecule has 5 heteroatoms. The number of carbonyl (C=O) groups excluding carboxylic acids is 2. The first-order chi connectivity index (χ1) is 12.2. The van der Waals surface area contributed by atoms with Gasteiger partial charge in [-0.25, -0.2) is 0 Å². The van der Waals surface area contributed by atoms with Crippen LogP contribution in [0.25, 0.3) is 0 Å². The van der Waals surface area contributed by atoms with Crippen LogP contribution in [0.15, 0.2) is 24.3 Å². The molecule has 0 fully saturated rings. The third-order valence-electron chi connectivity index (χ3n) is 3.83. The van der Waals surface area contributed by atoms with Gasteiger partial charge >= 0.3 is 11.9 Å². The fraction of sp³-hybridized carbons (Fsp3) is 0.600. The fourth-order valence-electron chi connectivity index (χ4n) is 2.28. The first-order valence-electron chi connectivity index (χ1n) is 9.10. The molecular formula is C20H30O5. The van der Waals surface area contributed by atoms with Crippen molar-refractivity contribution < 1.29 is 23.8 Å². The van der Waals surface area contributed by atoms with Gasteiger partial charge in [0.2, 0.25) is 0 Å². The summed E-state index contributed by atoms with van der Waals surface area (Å²) in [6.07, 6.45) is 6.24. The Bertz CT molecular complexity index is 495. The van der Waals surface area contributed by atoms with E-state index in [0.29, 0.717) is 19.4 Å². The third kappa shape index (κ3) is 10.4. The molecule has 1 rings (SSSR count). The second-order valence-corrected chi connectivity index (χ2v) is 6.00. The van der Waals surface area contributed by atoms with E-state index in [2.05, 4.69) is 6.92 Å². The van der Waals surface area contributed by atoms with Crippen molar-refractivity contribution in [2.75, 3.05) is 13.7 Å². The van der Waals surface area contributed by atoms with Crippen molar-refractivity contribution in [3.8, 4) is 5.75 Å². The van der Waals surface area contributed by atoms with E-state index in [9.17, 15) is 9.59 Å². The second-order valence-electron chi connectivity index (χ2n) is 6.00. The zero-order valence-electron chi connectivity index (χ0n) is 15.4. The topological polar surface area (TPSA) is 61.8 Å². The zero-order valence-corrected chi connectivity index (χ0v) is 15.4. The van der Waals surface area contributed by atoms with Gasteiger partial charge < -0.3 is 14.2 Å². The van der Waals surface area contributed by atoms with Crippen molar-refractivity contribution in [3.05, 3.63) is 29.8 Å². The number of hydrogen-bond donors (Lipinski definition) is 0. The van der Waals surface area contributed by atoms with Crippen LogP contribution < -0.4 is 4.74 Å². The Labute approximate surface area is 150 Å². The molecule has 0 saturated carbocycles. The van der Waals surface area contributed by atoms with Crippen LogP contribution in [0, 0.1) is 0 Å². The van der Waals surface area contributed by atoms with Crippen LogP contribution in [-0.4, -0.2) is 25.7 Å². The van der Waals surface area contributed by atoms with Crippen molar-refractivity contribution in [2.24, 2.45) is 0 Å². The highest BCUT2D eigenvalue weighted by molar-refractivity contribution is 5.69. The van der Waals surface area contributed by atoms with Crippen LogP contribution in [0.5, 0.6) is 5.75 Å². The third-order valence-corrected chi connectivity index (χ3v) is 3.83. The molecular weight excluding hydrogens is 320 g/mol. The van der Waals surface area contributed by atoms with Gasteiger partial charge in [-0.3, -0.25) is 9.59 Å². The van der Waals surface area contributed by atoms with Gasteiger partial charge in [-0.1, -0.05) is 38.3 Å². The lowest BCUT2D eigenvalue weighted by Gasteiger charge is -2.06. The van der Waals surface area contributed by atoms with Gasteiger partial charge in [-0.15, -0.1) is 0 Å². The molecule has 0 saturated heterocycles. The van der Waals surface area contributed by atoms with Gasteiger partial charge in [0.05, 0.1) is 13.7 Å². The van der Waals surface area contributed by atoms with E-state index in [4.69, 9.17) is 14.2 Å². The Hall–Kier alpha value is -2.04. The molecule has 0 amide bonds. The number of carbonyl (C=O) groups is 2. The lowest BCUT2D eigenvalue weighted by molar-refractivity contribution is -0.145. The minimum Gasteiger partial charge on any atom is -0.497 e. The summed E-state index contributed by atoms with van der Waals surface area (Å²) < 4.78 is 15.4. The normalized spacial score (nSPS) is 10.3. The Morgan fingerprint density at radius 1 is 0.840 bits per heavy atom. The van der Waals surface area contributed by atoms with E-state index in [0.717, 1.165) is 49.8 Å². The minimum absolute atomic E-state index is 0.141. The molecule has 0 aliphatic carbocycles. The van der Waals surface area contributed by atoms with Gasteiger partial charge in [-0.2, -0.15) is 0 Å². The van der Waals surface area contributed by atoms with Crippen molar-refractivity contribution >= 4 is 11.9 Å². The summed E-state index contributed by atoms with van der Waals surface area (Å²) in [5.74, 6) is 0.426. The molecule has 0 unspecified atom stereocenters. The average Bonchev–Trinajstić information content (AvgIpc) is 2.63. The van der Waals surface area contributed by atoms with E-state index in [1.165, 1.54) is 0 Å². The molecule has 0 radical (unpaired) electrons. The summed E-state index contributed by atoms with van der Waals surface area (Å²) in [5.41, 5.74) is 0.931. The van der Waals surface area contributed by atoms with Gasteiger partial charge in [0.15, 0.2) is 0 Å². The Morgan fingerprint density at radius 2 is 1.48 bits per heavy atom. The Morgan fingerprint density at radius 3 is 2.08 bits per heavy atom. The second kappa shape index (κ2) is 13.3. The molecule has 0 bridgehead atoms. The fourth-order valence-corrected chi connectivity index (χ4v) is 2.28. The number of benzene rings is 1. The first-order valence-corrected chi connectivity index (χ1v) is 9.10. The number of ether oxygens (including phenoxy) is 3. The smallest absolute Gasteiger partial charge is 0.306 e. The molecule has 1 aromatic rings. The molecule has 0 N–H and O–H groups in total. The summed E-state index contributed by atoms with van der Waals surface area (Å²) in [6, 6.07) is 7.42. The molecule has 1 aromatic carbocycles. The van der Waals surface area contributed by atoms with E-state index in [1.54, 1.807) is 7.11 Å². The van der Waals surface area contributed by atoms with E-state index >= 15 is 0 Å². The summed E-state index contributed by atoms with van der Waals surface area (Å²) in [7, 11) is 1.61. The average molecular weight is 350 g/mol. The summed E-state index contributed by atoms with van der Waals surface area (Å²) in [5, 5.41) is 0. The van der Waals surface area contributed by atoms with Gasteiger partial charge in [0.1, 0.15) is 12.4 Å². The quantitative estimate of drug-likeness (QED) is 0.389. The molecule has 0 aromatic heterocycles. The molecule has 5 nitrogen and oxygen atoms in total. The molecule has 0 aliphatic rings. The van der Waals surface area contributed by atoms with Crippen molar-refractivity contribution in [1.29, 1.82) is 0 Å². The lowest BCUT2D eigenvalue weighted by atomic mass is 10.1. The molecule has 0 heterocycles. The number of hydrogen-bond acceptors (Lipinski definition) is 5. The van der Waals surface area contributed by atoms with Crippen LogP contribution in [0.3, 0.4) is 0 Å². The maximum Gasteiger partial charge on any atom is 0.306 e. The lowest BCUT2D eigenvalue weighted by Crippen LogP contribution is -2.06. The predicted molar refractivity (Wildman–Crippen MR) is 96.4 cm³/mol. The van der Waals surface area contributed by atoms with Crippen molar-refractivity contribution in [3.63, 3.8) is 0 Å². The highest BCUT2D eigenvalue weighted by Crippen LogP contribution is 2.12. The maximum absolute atomic E-state index is 11.7. The number of rotatable bonds is 13. The molecule has 0 spiro atoms. The van der Waals surface area contributed by atoms with E-state index in [1.807, 2.05) is 24.3 Å². The molecule has 0 atom stereocenters. The van der Waals surface area contributed by atoms with Gasteiger partial charge in [0.25, 0.3) is 0 Å². The monoisotopic (exact) mass is 350 g/mol. The van der Waals surface area contributed by atoms with Gasteiger partial charge in [-0.05, 0) is 37.0 Å². The Balaban J connectivity index is 2.01. The number of unbranched alkanes of at least 4 members (excludes halogenated alkanes) is 4. The SMILES string of the molecule is CCCCCOC(=O)CCCCCC(=O)OCc1ccc(OC)cc1. The highest BCUT2D eigenvalue weighted by atomic mass is 16.5. The number of methoxy groups -OCH3 is 1. The standard InChI is InChI=1S/C20H30O5/c1-3-4-8-15-24-19(21)9-6-5-7-10-20(22)25-16-17-11-13-18(23-2)14-12-17/h11-14H,3-10,15-16H2,1-2H3. The van der Waals surface area contributed by atoms with Crippen LogP contribution in [0.2, 0.25) is 0 Å². The van der Waals surface area contributed by atoms with Crippen molar-refractivity contribution in [2.45, 2.75) is 64.9 Å². The van der Waals surface area contributed by atoms with Crippen LogP contribution >= 0.6 is 0 Å². The van der Waals surface area contributed by atoms with Crippen LogP contribution in [0.1, 0.15) is 63.9 Å². The van der Waals surface area contributed by atoms with Crippen LogP contribution in [-0.2, 0) is 25.7 Å². The summed E-state index contributed by atoms with van der Waals surface area (Å²) >= 11 is 0. The van der Waals surface area contributed by atoms with Crippen LogP contribution in [0.4, 0.5) is 0 Å². The Kier molecular flexibility index (Phi) is 11.2. The van der Waals surface area contributed by atoms with E-state index < -0.39 is 0 Å². The first kappa shape index (κ1) is 21.0. The number of esters is 2. The predicted octanol–water partition coefficient (Wildman–Crippen LogP) is 4.42. The molecule has 25 heavy (non-hydrogen) atoms. The minimum atomic E-state index is -0.210. The molecule has 0 aliphatic heterocycles. The van der Waals surface area contributed by atoms with E-state index in [-0.39, 0.29) is 18.5 Å². The summed E-state index contributed by atoms with van der Waals surface area (Å²) in [6.45, 7) is 2.90. The maximum atomic E-state index is 11.7. The zero-order chi connectivity index (χ0) is 18.3.